The second-order valence-corrected chi connectivity index (χ2v) is 14.2. The van der Waals surface area contributed by atoms with Crippen molar-refractivity contribution in [1.82, 2.24) is 14.9 Å². The molecule has 220 valence electrons. The molecular formula is C29H32F4N4O3S. The lowest BCUT2D eigenvalue weighted by Crippen LogP contribution is -2.79. The van der Waals surface area contributed by atoms with Crippen LogP contribution < -0.4 is 10.6 Å². The molecule has 0 radical (unpaired) electrons. The Kier molecular flexibility index (Phi) is 6.53. The van der Waals surface area contributed by atoms with Crippen molar-refractivity contribution in [2.75, 3.05) is 13.1 Å². The van der Waals surface area contributed by atoms with Gasteiger partial charge in [0, 0.05) is 24.0 Å². The minimum atomic E-state index is -4.50. The van der Waals surface area contributed by atoms with Gasteiger partial charge in [-0.3, -0.25) is 9.79 Å². The highest BCUT2D eigenvalue weighted by Crippen LogP contribution is 2.71. The maximum Gasteiger partial charge on any atom is 0.416 e. The summed E-state index contributed by atoms with van der Waals surface area (Å²) < 4.78 is 81.9. The summed E-state index contributed by atoms with van der Waals surface area (Å²) in [5.74, 6) is 0.551. The van der Waals surface area contributed by atoms with Crippen LogP contribution in [0.25, 0.3) is 0 Å². The molecule has 4 aliphatic carbocycles. The molecule has 2 aromatic carbocycles. The van der Waals surface area contributed by atoms with Crippen LogP contribution in [0.4, 0.5) is 17.6 Å². The molecule has 0 spiro atoms. The molecule has 0 aromatic heterocycles. The molecule has 4 fully saturated rings. The number of sulfonamides is 1. The van der Waals surface area contributed by atoms with Crippen molar-refractivity contribution >= 4 is 21.8 Å². The molecular weight excluding hydrogens is 560 g/mol. The van der Waals surface area contributed by atoms with Crippen LogP contribution in [0.3, 0.4) is 0 Å². The van der Waals surface area contributed by atoms with Gasteiger partial charge in [0.2, 0.25) is 15.9 Å². The van der Waals surface area contributed by atoms with E-state index in [-0.39, 0.29) is 29.3 Å². The molecule has 0 unspecified atom stereocenters. The number of amidine groups is 1. The topological polar surface area (TPSA) is 90.9 Å². The van der Waals surface area contributed by atoms with Crippen LogP contribution in [0, 0.1) is 17.2 Å². The van der Waals surface area contributed by atoms with Crippen LogP contribution in [0.5, 0.6) is 0 Å². The van der Waals surface area contributed by atoms with E-state index in [0.717, 1.165) is 37.1 Å². The van der Waals surface area contributed by atoms with Crippen LogP contribution in [0.2, 0.25) is 0 Å². The number of carbonyl (C=O) groups excluding carboxylic acids is 1. The fourth-order valence-electron chi connectivity index (χ4n) is 6.59. The van der Waals surface area contributed by atoms with E-state index in [0.29, 0.717) is 43.1 Å². The van der Waals surface area contributed by atoms with Gasteiger partial charge in [0.1, 0.15) is 17.2 Å². The van der Waals surface area contributed by atoms with E-state index in [1.807, 2.05) is 6.92 Å². The Morgan fingerprint density at radius 2 is 1.71 bits per heavy atom. The second kappa shape index (κ2) is 9.52. The van der Waals surface area contributed by atoms with Gasteiger partial charge in [0.05, 0.1) is 17.0 Å². The average molecular weight is 593 g/mol. The third kappa shape index (κ3) is 4.82. The van der Waals surface area contributed by atoms with Gasteiger partial charge in [-0.05, 0) is 86.9 Å². The lowest BCUT2D eigenvalue weighted by Gasteiger charge is -2.73. The number of rotatable bonds is 9. The number of nitrogens with one attached hydrogen (secondary N) is 2. The monoisotopic (exact) mass is 592 g/mol. The van der Waals surface area contributed by atoms with Crippen molar-refractivity contribution in [3.8, 4) is 0 Å². The fraction of sp³-hybridized carbons (Fsp3) is 0.517. The Morgan fingerprint density at radius 3 is 2.27 bits per heavy atom. The summed E-state index contributed by atoms with van der Waals surface area (Å²) in [6, 6.07) is 8.98. The van der Waals surface area contributed by atoms with Gasteiger partial charge in [-0.15, -0.1) is 0 Å². The predicted octanol–water partition coefficient (Wildman–Crippen LogP) is 4.63. The maximum atomic E-state index is 13.8. The van der Waals surface area contributed by atoms with Crippen molar-refractivity contribution in [3.63, 3.8) is 0 Å². The highest BCUT2D eigenvalue weighted by atomic mass is 32.2. The van der Waals surface area contributed by atoms with Gasteiger partial charge in [0.25, 0.3) is 0 Å². The zero-order chi connectivity index (χ0) is 29.3. The molecule has 2 N–H and O–H groups in total. The first-order valence-corrected chi connectivity index (χ1v) is 15.2. The highest BCUT2D eigenvalue weighted by Gasteiger charge is 2.75. The van der Waals surface area contributed by atoms with Gasteiger partial charge in [-0.25, -0.2) is 12.8 Å². The Morgan fingerprint density at radius 1 is 1.07 bits per heavy atom. The SMILES string of the molecule is C[C@]1(C(=O)NCC2CCC2)CN=C(C23CC(N(Cc4ccc(C(F)(F)F)cc4)S(=O)(=O)c4ccc(F)cc4)(C2)C3)N1. The summed E-state index contributed by atoms with van der Waals surface area (Å²) in [4.78, 5) is 17.5. The summed E-state index contributed by atoms with van der Waals surface area (Å²) >= 11 is 0. The second-order valence-electron chi connectivity index (χ2n) is 12.3. The maximum absolute atomic E-state index is 13.8. The molecule has 2 aromatic rings. The Bertz CT molecular complexity index is 1470. The smallest absolute Gasteiger partial charge is 0.358 e. The van der Waals surface area contributed by atoms with E-state index in [9.17, 15) is 30.8 Å². The van der Waals surface area contributed by atoms with E-state index in [1.54, 1.807) is 0 Å². The van der Waals surface area contributed by atoms with Gasteiger partial charge in [-0.2, -0.15) is 17.5 Å². The number of nitrogens with zero attached hydrogens (tertiary/aromatic N) is 2. The Balaban J connectivity index is 1.19. The zero-order valence-corrected chi connectivity index (χ0v) is 23.4. The summed E-state index contributed by atoms with van der Waals surface area (Å²) in [6.45, 7) is 2.63. The minimum absolute atomic E-state index is 0.0865. The van der Waals surface area contributed by atoms with Crippen LogP contribution >= 0.6 is 0 Å². The number of halogens is 4. The Hall–Kier alpha value is -2.99. The lowest BCUT2D eigenvalue weighted by atomic mass is 9.38. The molecule has 2 bridgehead atoms. The average Bonchev–Trinajstić information content (AvgIpc) is 3.24. The van der Waals surface area contributed by atoms with E-state index in [4.69, 9.17) is 0 Å². The first-order chi connectivity index (χ1) is 19.2. The third-order valence-electron chi connectivity index (χ3n) is 9.27. The van der Waals surface area contributed by atoms with Gasteiger partial charge < -0.3 is 10.6 Å². The molecule has 1 atom stereocenters. The van der Waals surface area contributed by atoms with Gasteiger partial charge in [-0.1, -0.05) is 18.6 Å². The molecule has 5 aliphatic rings. The highest BCUT2D eigenvalue weighted by molar-refractivity contribution is 7.89. The van der Waals surface area contributed by atoms with Crippen LogP contribution in [-0.2, 0) is 27.5 Å². The first kappa shape index (κ1) is 28.1. The predicted molar refractivity (Wildman–Crippen MR) is 144 cm³/mol. The van der Waals surface area contributed by atoms with Crippen LogP contribution in [0.1, 0.15) is 56.6 Å². The van der Waals surface area contributed by atoms with Gasteiger partial charge in [0.15, 0.2) is 0 Å². The largest absolute Gasteiger partial charge is 0.416 e. The van der Waals surface area contributed by atoms with Crippen LogP contribution in [0.15, 0.2) is 58.4 Å². The number of aliphatic imine (C=N–C) groups is 1. The first-order valence-electron chi connectivity index (χ1n) is 13.8. The molecule has 41 heavy (non-hydrogen) atoms. The minimum Gasteiger partial charge on any atom is -0.358 e. The summed E-state index contributed by atoms with van der Waals surface area (Å²) in [5, 5.41) is 6.37. The van der Waals surface area contributed by atoms with Gasteiger partial charge >= 0.3 is 6.18 Å². The van der Waals surface area contributed by atoms with Crippen molar-refractivity contribution in [2.24, 2.45) is 16.3 Å². The van der Waals surface area contributed by atoms with Crippen molar-refractivity contribution in [3.05, 3.63) is 65.5 Å². The fourth-order valence-corrected chi connectivity index (χ4v) is 8.35. The van der Waals surface area contributed by atoms with E-state index in [2.05, 4.69) is 15.6 Å². The molecule has 1 heterocycles. The van der Waals surface area contributed by atoms with Crippen molar-refractivity contribution < 1.29 is 30.8 Å². The van der Waals surface area contributed by atoms with Crippen LogP contribution in [-0.4, -0.2) is 48.6 Å². The summed E-state index contributed by atoms with van der Waals surface area (Å²) in [5.41, 5.74) is -2.42. The number of alkyl halides is 3. The van der Waals surface area contributed by atoms with E-state index >= 15 is 0 Å². The number of benzene rings is 2. The quantitative estimate of drug-likeness (QED) is 0.416. The molecule has 1 amide bonds. The van der Waals surface area contributed by atoms with E-state index in [1.165, 1.54) is 35.0 Å². The Labute approximate surface area is 236 Å². The molecule has 0 saturated heterocycles. The molecule has 7 rings (SSSR count). The molecule has 12 heteroatoms. The zero-order valence-electron chi connectivity index (χ0n) is 22.6. The number of amides is 1. The molecule has 4 saturated carbocycles. The number of hydrogen-bond donors (Lipinski definition) is 2. The number of hydrogen-bond acceptors (Lipinski definition) is 5. The van der Waals surface area contributed by atoms with E-state index < -0.39 is 38.7 Å². The summed E-state index contributed by atoms with van der Waals surface area (Å²) in [7, 11) is -4.11. The molecule has 1 aliphatic heterocycles. The molecule has 7 nitrogen and oxygen atoms in total. The van der Waals surface area contributed by atoms with Crippen molar-refractivity contribution in [2.45, 2.75) is 74.1 Å². The standard InChI is InChI=1S/C29H32F4N4O3S/c1-26(25(38)34-13-19-3-2-4-19)18-35-24(36-26)27-15-28(16-27,17-27)37(41(39,40)23-11-9-22(30)10-12-23)14-20-5-7-21(8-6-20)29(31,32)33/h5-12,19H,2-4,13-18H2,1H3,(H,34,38)(H,35,36)/t26-,27?,28?/m1/s1. The third-order valence-corrected chi connectivity index (χ3v) is 11.2. The number of carbonyl (C=O) groups is 1. The normalized spacial score (nSPS) is 29.2. The lowest BCUT2D eigenvalue weighted by molar-refractivity contribution is -0.151. The van der Waals surface area contributed by atoms with Crippen molar-refractivity contribution in [1.29, 1.82) is 0 Å². The summed E-state index contributed by atoms with van der Waals surface area (Å²) in [6.07, 6.45) is 0.338.